The van der Waals surface area contributed by atoms with Crippen molar-refractivity contribution in [2.75, 3.05) is 29.2 Å². The first-order chi connectivity index (χ1) is 17.9. The van der Waals surface area contributed by atoms with Crippen LogP contribution in [0.1, 0.15) is 56.4 Å². The summed E-state index contributed by atoms with van der Waals surface area (Å²) in [4.78, 5) is 27.9. The van der Waals surface area contributed by atoms with E-state index in [4.69, 9.17) is 16.3 Å². The molecular weight excluding hydrogens is 488 g/mol. The van der Waals surface area contributed by atoms with E-state index in [1.54, 1.807) is 41.0 Å². The number of hydrogen-bond donors (Lipinski definition) is 2. The molecule has 1 aliphatic rings. The second-order valence-electron chi connectivity index (χ2n) is 9.88. The average molecular weight is 523 g/mol. The van der Waals surface area contributed by atoms with E-state index < -0.39 is 5.97 Å². The van der Waals surface area contributed by atoms with Gasteiger partial charge in [-0.1, -0.05) is 44.7 Å². The maximum absolute atomic E-state index is 13.1. The number of nitrogens with one attached hydrogen (secondary N) is 2. The highest BCUT2D eigenvalue weighted by Crippen LogP contribution is 2.35. The Balaban J connectivity index is 1.72. The monoisotopic (exact) mass is 522 g/mol. The number of rotatable bonds is 8. The van der Waals surface area contributed by atoms with Crippen LogP contribution in [-0.2, 0) is 4.74 Å². The fourth-order valence-electron chi connectivity index (χ4n) is 4.95. The zero-order valence-electron chi connectivity index (χ0n) is 21.7. The maximum atomic E-state index is 13.1. The van der Waals surface area contributed by atoms with E-state index >= 15 is 0 Å². The predicted octanol–water partition coefficient (Wildman–Crippen LogP) is 7.36. The Bertz CT molecular complexity index is 1220. The number of aromatic nitrogens is 1. The van der Waals surface area contributed by atoms with E-state index in [1.165, 1.54) is 26.4 Å². The standard InChI is InChI=1S/C29H35ClN4O3/c1-20(2)19-34(23-8-5-4-6-9-23)26-16-15-24(33-17-7-10-27(33)28(35)37-3)18-25(26)32-29(36)31-22-13-11-21(30)12-14-22/h7,10-18,20,23H,4-6,8-9,19H2,1-3H3,(H2,31,32,36). The number of benzene rings is 2. The lowest BCUT2D eigenvalue weighted by atomic mass is 9.93. The summed E-state index contributed by atoms with van der Waals surface area (Å²) >= 11 is 5.99. The molecule has 0 aliphatic heterocycles. The molecule has 7 nitrogen and oxygen atoms in total. The zero-order chi connectivity index (χ0) is 26.4. The number of ether oxygens (including phenoxy) is 1. The number of amides is 2. The lowest BCUT2D eigenvalue weighted by molar-refractivity contribution is 0.0591. The van der Waals surface area contributed by atoms with E-state index in [2.05, 4.69) is 29.4 Å². The van der Waals surface area contributed by atoms with Crippen LogP contribution in [0.5, 0.6) is 0 Å². The van der Waals surface area contributed by atoms with Crippen molar-refractivity contribution in [2.24, 2.45) is 5.92 Å². The van der Waals surface area contributed by atoms with Gasteiger partial charge in [0.1, 0.15) is 5.69 Å². The van der Waals surface area contributed by atoms with Crippen molar-refractivity contribution in [2.45, 2.75) is 52.0 Å². The Morgan fingerprint density at radius 2 is 1.78 bits per heavy atom. The van der Waals surface area contributed by atoms with Crippen molar-refractivity contribution in [3.05, 3.63) is 71.5 Å². The van der Waals surface area contributed by atoms with Crippen molar-refractivity contribution in [3.63, 3.8) is 0 Å². The van der Waals surface area contributed by atoms with Gasteiger partial charge in [0, 0.05) is 35.2 Å². The number of carbonyl (C=O) groups is 2. The molecule has 2 N–H and O–H groups in total. The Morgan fingerprint density at radius 1 is 1.05 bits per heavy atom. The molecule has 37 heavy (non-hydrogen) atoms. The normalized spacial score (nSPS) is 13.9. The third kappa shape index (κ3) is 6.66. The summed E-state index contributed by atoms with van der Waals surface area (Å²) in [6.07, 6.45) is 7.77. The number of hydrogen-bond acceptors (Lipinski definition) is 4. The fourth-order valence-corrected chi connectivity index (χ4v) is 5.08. The van der Waals surface area contributed by atoms with Crippen LogP contribution < -0.4 is 15.5 Å². The van der Waals surface area contributed by atoms with Gasteiger partial charge in [-0.3, -0.25) is 0 Å². The molecule has 8 heteroatoms. The molecule has 0 spiro atoms. The van der Waals surface area contributed by atoms with Gasteiger partial charge in [-0.2, -0.15) is 0 Å². The van der Waals surface area contributed by atoms with Crippen LogP contribution in [0.15, 0.2) is 60.8 Å². The smallest absolute Gasteiger partial charge is 0.355 e. The molecule has 2 amide bonds. The zero-order valence-corrected chi connectivity index (χ0v) is 22.4. The van der Waals surface area contributed by atoms with Crippen molar-refractivity contribution in [1.29, 1.82) is 0 Å². The maximum Gasteiger partial charge on any atom is 0.355 e. The summed E-state index contributed by atoms with van der Waals surface area (Å²) < 4.78 is 6.72. The van der Waals surface area contributed by atoms with E-state index in [1.807, 2.05) is 24.4 Å². The molecule has 1 aliphatic carbocycles. The van der Waals surface area contributed by atoms with Gasteiger partial charge >= 0.3 is 12.0 Å². The highest BCUT2D eigenvalue weighted by molar-refractivity contribution is 6.30. The molecule has 1 heterocycles. The predicted molar refractivity (Wildman–Crippen MR) is 150 cm³/mol. The third-order valence-electron chi connectivity index (χ3n) is 6.64. The Kier molecular flexibility index (Phi) is 8.77. The van der Waals surface area contributed by atoms with Crippen molar-refractivity contribution >= 4 is 40.7 Å². The fraction of sp³-hybridized carbons (Fsp3) is 0.379. The number of methoxy groups -OCH3 is 1. The first-order valence-electron chi connectivity index (χ1n) is 12.9. The summed E-state index contributed by atoms with van der Waals surface area (Å²) in [7, 11) is 1.37. The van der Waals surface area contributed by atoms with Crippen LogP contribution in [0, 0.1) is 5.92 Å². The molecule has 1 saturated carbocycles. The minimum atomic E-state index is -0.423. The number of anilines is 3. The summed E-state index contributed by atoms with van der Waals surface area (Å²) in [6, 6.07) is 16.5. The molecule has 1 fully saturated rings. The second kappa shape index (κ2) is 12.2. The molecule has 196 valence electrons. The molecule has 0 saturated heterocycles. The van der Waals surface area contributed by atoms with Gasteiger partial charge in [0.15, 0.2) is 0 Å². The van der Waals surface area contributed by atoms with Crippen molar-refractivity contribution in [3.8, 4) is 5.69 Å². The topological polar surface area (TPSA) is 75.6 Å². The number of urea groups is 1. The Hall–Kier alpha value is -3.45. The van der Waals surface area contributed by atoms with Crippen LogP contribution in [0.2, 0.25) is 5.02 Å². The van der Waals surface area contributed by atoms with Crippen molar-refractivity contribution < 1.29 is 14.3 Å². The minimum absolute atomic E-state index is 0.352. The molecule has 1 aromatic heterocycles. The molecule has 0 unspecified atom stereocenters. The minimum Gasteiger partial charge on any atom is -0.464 e. The van der Waals surface area contributed by atoms with E-state index in [-0.39, 0.29) is 6.03 Å². The van der Waals surface area contributed by atoms with Gasteiger partial charge in [-0.25, -0.2) is 9.59 Å². The van der Waals surface area contributed by atoms with Crippen molar-refractivity contribution in [1.82, 2.24) is 4.57 Å². The lowest BCUT2D eigenvalue weighted by Crippen LogP contribution is -2.40. The van der Waals surface area contributed by atoms with Gasteiger partial charge in [0.05, 0.1) is 18.5 Å². The highest BCUT2D eigenvalue weighted by Gasteiger charge is 2.25. The Labute approximate surface area is 223 Å². The van der Waals surface area contributed by atoms with Crippen LogP contribution in [0.4, 0.5) is 21.9 Å². The molecule has 2 aromatic carbocycles. The SMILES string of the molecule is COC(=O)c1cccn1-c1ccc(N(CC(C)C)C2CCCCC2)c(NC(=O)Nc2ccc(Cl)cc2)c1. The second-order valence-corrected chi connectivity index (χ2v) is 10.3. The highest BCUT2D eigenvalue weighted by atomic mass is 35.5. The van der Waals surface area contributed by atoms with Crippen LogP contribution >= 0.6 is 11.6 Å². The quantitative estimate of drug-likeness (QED) is 0.303. The van der Waals surface area contributed by atoms with Gasteiger partial charge in [0.25, 0.3) is 0 Å². The molecule has 0 radical (unpaired) electrons. The molecular formula is C29H35ClN4O3. The summed E-state index contributed by atoms with van der Waals surface area (Å²) in [6.45, 7) is 5.31. The number of halogens is 1. The summed E-state index contributed by atoms with van der Waals surface area (Å²) in [5.74, 6) is 0.0282. The van der Waals surface area contributed by atoms with Gasteiger partial charge in [-0.15, -0.1) is 0 Å². The third-order valence-corrected chi connectivity index (χ3v) is 6.89. The average Bonchev–Trinajstić information content (AvgIpc) is 3.39. The molecule has 4 rings (SSSR count). The largest absolute Gasteiger partial charge is 0.464 e. The number of carbonyl (C=O) groups excluding carboxylic acids is 2. The number of esters is 1. The Morgan fingerprint density at radius 3 is 2.46 bits per heavy atom. The van der Waals surface area contributed by atoms with Crippen LogP contribution in [0.3, 0.4) is 0 Å². The molecule has 0 bridgehead atoms. The summed E-state index contributed by atoms with van der Waals surface area (Å²) in [5, 5.41) is 6.57. The first kappa shape index (κ1) is 26.6. The van der Waals surface area contributed by atoms with Gasteiger partial charge < -0.3 is 24.8 Å². The van der Waals surface area contributed by atoms with Gasteiger partial charge in [0.2, 0.25) is 0 Å². The first-order valence-corrected chi connectivity index (χ1v) is 13.2. The van der Waals surface area contributed by atoms with E-state index in [0.29, 0.717) is 34.1 Å². The summed E-state index contributed by atoms with van der Waals surface area (Å²) in [5.41, 5.74) is 3.47. The molecule has 0 atom stereocenters. The van der Waals surface area contributed by atoms with E-state index in [0.717, 1.165) is 30.8 Å². The lowest BCUT2D eigenvalue weighted by Gasteiger charge is -2.38. The van der Waals surface area contributed by atoms with E-state index in [9.17, 15) is 9.59 Å². The van der Waals surface area contributed by atoms with Crippen LogP contribution in [0.25, 0.3) is 5.69 Å². The number of nitrogens with zero attached hydrogens (tertiary/aromatic N) is 2. The van der Waals surface area contributed by atoms with Gasteiger partial charge in [-0.05, 0) is 73.4 Å². The van der Waals surface area contributed by atoms with Crippen LogP contribution in [-0.4, -0.2) is 36.3 Å². The molecule has 3 aromatic rings.